The highest BCUT2D eigenvalue weighted by atomic mass is 16.2. The maximum Gasteiger partial charge on any atom is 0.238 e. The first kappa shape index (κ1) is 16.9. The van der Waals surface area contributed by atoms with Gasteiger partial charge in [-0.05, 0) is 48.2 Å². The highest BCUT2D eigenvalue weighted by molar-refractivity contribution is 6.08. The Morgan fingerprint density at radius 1 is 0.893 bits per heavy atom. The topological polar surface area (TPSA) is 62.2 Å². The van der Waals surface area contributed by atoms with Crippen LogP contribution in [0.3, 0.4) is 0 Å². The van der Waals surface area contributed by atoms with Crippen LogP contribution in [0.2, 0.25) is 0 Å². The number of carbonyl (C=O) groups is 1. The van der Waals surface area contributed by atoms with Crippen molar-refractivity contribution >= 4 is 17.5 Å². The molecule has 0 aliphatic carbocycles. The minimum absolute atomic E-state index is 0.208. The largest absolute Gasteiger partial charge is 0.341 e. The second-order valence-electron chi connectivity index (χ2n) is 7.38. The van der Waals surface area contributed by atoms with E-state index in [-0.39, 0.29) is 5.91 Å². The molecule has 2 aliphatic rings. The lowest BCUT2D eigenvalue weighted by atomic mass is 9.73. The van der Waals surface area contributed by atoms with Crippen molar-refractivity contribution in [2.75, 3.05) is 22.9 Å². The smallest absolute Gasteiger partial charge is 0.238 e. The quantitative estimate of drug-likeness (QED) is 0.708. The van der Waals surface area contributed by atoms with E-state index in [1.165, 1.54) is 0 Å². The van der Waals surface area contributed by atoms with Crippen LogP contribution in [0.4, 0.5) is 11.6 Å². The predicted octanol–water partition coefficient (Wildman–Crippen LogP) is 2.96. The molecule has 5 rings (SSSR count). The molecule has 1 amide bonds. The number of carbonyl (C=O) groups excluding carboxylic acids is 1. The Hall–Kier alpha value is -3.28. The van der Waals surface area contributed by atoms with Gasteiger partial charge in [0.15, 0.2) is 0 Å². The molecule has 3 aromatic rings. The monoisotopic (exact) mass is 371 g/mol. The second-order valence-corrected chi connectivity index (χ2v) is 7.38. The van der Waals surface area contributed by atoms with Gasteiger partial charge in [-0.1, -0.05) is 18.2 Å². The Bertz CT molecular complexity index is 984. The highest BCUT2D eigenvalue weighted by Crippen LogP contribution is 2.48. The van der Waals surface area contributed by atoms with E-state index in [9.17, 15) is 4.79 Å². The molecule has 1 fully saturated rings. The van der Waals surface area contributed by atoms with E-state index >= 15 is 0 Å². The molecule has 2 aromatic heterocycles. The van der Waals surface area contributed by atoms with Gasteiger partial charge in [-0.3, -0.25) is 9.78 Å². The number of fused-ring (bicyclic) bond motifs is 2. The average molecular weight is 371 g/mol. The molecule has 4 heterocycles. The summed E-state index contributed by atoms with van der Waals surface area (Å²) < 4.78 is 0. The summed E-state index contributed by atoms with van der Waals surface area (Å²) in [6.07, 6.45) is 8.62. The Labute approximate surface area is 163 Å². The summed E-state index contributed by atoms with van der Waals surface area (Å²) in [5.74, 6) is 0.948. The van der Waals surface area contributed by atoms with Crippen molar-refractivity contribution < 1.29 is 4.79 Å². The molecule has 0 saturated carbocycles. The van der Waals surface area contributed by atoms with Crippen molar-refractivity contribution in [3.63, 3.8) is 0 Å². The van der Waals surface area contributed by atoms with E-state index in [0.717, 1.165) is 48.7 Å². The van der Waals surface area contributed by atoms with Gasteiger partial charge in [0.1, 0.15) is 0 Å². The summed E-state index contributed by atoms with van der Waals surface area (Å²) >= 11 is 0. The maximum absolute atomic E-state index is 13.6. The Morgan fingerprint density at radius 2 is 1.61 bits per heavy atom. The van der Waals surface area contributed by atoms with Gasteiger partial charge < -0.3 is 9.80 Å². The number of pyridine rings is 1. The fourth-order valence-electron chi connectivity index (χ4n) is 4.45. The molecule has 2 aliphatic heterocycles. The van der Waals surface area contributed by atoms with Crippen LogP contribution in [-0.2, 0) is 16.8 Å². The molecular formula is C22H21N5O. The lowest BCUT2D eigenvalue weighted by Gasteiger charge is -2.38. The molecule has 28 heavy (non-hydrogen) atoms. The number of piperidine rings is 1. The fraction of sp³-hybridized carbons (Fsp3) is 0.273. The third-order valence-corrected chi connectivity index (χ3v) is 5.91. The van der Waals surface area contributed by atoms with Crippen molar-refractivity contribution in [3.05, 3.63) is 78.4 Å². The van der Waals surface area contributed by atoms with Gasteiger partial charge in [-0.2, -0.15) is 0 Å². The summed E-state index contributed by atoms with van der Waals surface area (Å²) in [6, 6.07) is 14.0. The third-order valence-electron chi connectivity index (χ3n) is 5.91. The zero-order valence-corrected chi connectivity index (χ0v) is 15.5. The van der Waals surface area contributed by atoms with E-state index in [2.05, 4.69) is 32.0 Å². The zero-order valence-electron chi connectivity index (χ0n) is 15.5. The van der Waals surface area contributed by atoms with Crippen LogP contribution in [0.5, 0.6) is 0 Å². The first-order valence-corrected chi connectivity index (χ1v) is 9.60. The minimum atomic E-state index is -0.449. The van der Waals surface area contributed by atoms with Gasteiger partial charge in [0.2, 0.25) is 11.9 Å². The molecule has 1 saturated heterocycles. The van der Waals surface area contributed by atoms with E-state index < -0.39 is 5.41 Å². The molecular weight excluding hydrogens is 350 g/mol. The summed E-state index contributed by atoms with van der Waals surface area (Å²) in [5.41, 5.74) is 2.83. The molecule has 0 unspecified atom stereocenters. The van der Waals surface area contributed by atoms with Gasteiger partial charge in [0.25, 0.3) is 0 Å². The molecule has 140 valence electrons. The van der Waals surface area contributed by atoms with E-state index in [1.54, 1.807) is 24.8 Å². The number of anilines is 2. The summed E-state index contributed by atoms with van der Waals surface area (Å²) in [7, 11) is 0. The predicted molar refractivity (Wildman–Crippen MR) is 107 cm³/mol. The maximum atomic E-state index is 13.6. The van der Waals surface area contributed by atoms with Crippen LogP contribution in [0.1, 0.15) is 24.0 Å². The van der Waals surface area contributed by atoms with E-state index in [1.807, 2.05) is 35.2 Å². The molecule has 0 N–H and O–H groups in total. The Morgan fingerprint density at radius 3 is 2.36 bits per heavy atom. The van der Waals surface area contributed by atoms with Crippen molar-refractivity contribution in [3.8, 4) is 0 Å². The van der Waals surface area contributed by atoms with Crippen LogP contribution in [0.25, 0.3) is 0 Å². The Balaban J connectivity index is 1.45. The number of benzene rings is 1. The average Bonchev–Trinajstić information content (AvgIpc) is 2.99. The molecule has 1 aromatic carbocycles. The number of hydrogen-bond acceptors (Lipinski definition) is 5. The van der Waals surface area contributed by atoms with Gasteiger partial charge in [0.05, 0.1) is 12.0 Å². The molecule has 6 heteroatoms. The number of nitrogens with zero attached hydrogens (tertiary/aromatic N) is 5. The summed E-state index contributed by atoms with van der Waals surface area (Å²) in [5, 5.41) is 0. The van der Waals surface area contributed by atoms with Gasteiger partial charge >= 0.3 is 0 Å². The first-order valence-electron chi connectivity index (χ1n) is 9.60. The van der Waals surface area contributed by atoms with Gasteiger partial charge in [-0.25, -0.2) is 9.97 Å². The normalized spacial score (nSPS) is 17.8. The highest BCUT2D eigenvalue weighted by Gasteiger charge is 2.52. The van der Waals surface area contributed by atoms with Gasteiger partial charge in [0, 0.05) is 43.6 Å². The van der Waals surface area contributed by atoms with Crippen LogP contribution in [-0.4, -0.2) is 33.9 Å². The number of para-hydroxylation sites is 1. The van der Waals surface area contributed by atoms with Crippen molar-refractivity contribution in [2.45, 2.75) is 24.8 Å². The van der Waals surface area contributed by atoms with Gasteiger partial charge in [-0.15, -0.1) is 0 Å². The molecule has 0 radical (unpaired) electrons. The minimum Gasteiger partial charge on any atom is -0.341 e. The van der Waals surface area contributed by atoms with Crippen LogP contribution < -0.4 is 9.80 Å². The van der Waals surface area contributed by atoms with E-state index in [4.69, 9.17) is 0 Å². The number of aromatic nitrogens is 3. The third kappa shape index (κ3) is 2.64. The molecule has 0 bridgehead atoms. The first-order chi connectivity index (χ1) is 13.8. The molecule has 6 nitrogen and oxygen atoms in total. The molecule has 1 spiro atoms. The second kappa shape index (κ2) is 6.71. The number of amides is 1. The Kier molecular flexibility index (Phi) is 4.04. The van der Waals surface area contributed by atoms with Crippen LogP contribution in [0, 0.1) is 0 Å². The summed E-state index contributed by atoms with van der Waals surface area (Å²) in [4.78, 5) is 30.6. The van der Waals surface area contributed by atoms with Crippen molar-refractivity contribution in [2.24, 2.45) is 0 Å². The lowest BCUT2D eigenvalue weighted by Crippen LogP contribution is -2.49. The number of hydrogen-bond donors (Lipinski definition) is 0. The lowest BCUT2D eigenvalue weighted by molar-refractivity contribution is -0.124. The SMILES string of the molecule is O=C1N(Cc2ccncc2)c2ccccc2C12CCN(c1ncccn1)CC2. The number of rotatable bonds is 3. The zero-order chi connectivity index (χ0) is 19.0. The van der Waals surface area contributed by atoms with Crippen LogP contribution >= 0.6 is 0 Å². The van der Waals surface area contributed by atoms with Crippen molar-refractivity contribution in [1.82, 2.24) is 15.0 Å². The van der Waals surface area contributed by atoms with Crippen LogP contribution in [0.15, 0.2) is 67.3 Å². The van der Waals surface area contributed by atoms with E-state index in [0.29, 0.717) is 6.54 Å². The fourth-order valence-corrected chi connectivity index (χ4v) is 4.45. The van der Waals surface area contributed by atoms with Crippen molar-refractivity contribution in [1.29, 1.82) is 0 Å². The molecule has 0 atom stereocenters. The summed E-state index contributed by atoms with van der Waals surface area (Å²) in [6.45, 7) is 2.12. The standard InChI is InChI=1S/C22H21N5O/c28-20-22(8-14-26(15-9-22)21-24-10-3-11-25-21)18-4-1-2-5-19(18)27(20)16-17-6-12-23-13-7-17/h1-7,10-13H,8-9,14-16H2.